The third-order valence-corrected chi connectivity index (χ3v) is 18.5. The van der Waals surface area contributed by atoms with Crippen LogP contribution in [0.25, 0.3) is 42.5 Å². The summed E-state index contributed by atoms with van der Waals surface area (Å²) in [6.45, 7) is 4.03. The Bertz CT molecular complexity index is 3610. The van der Waals surface area contributed by atoms with Gasteiger partial charge in [0.15, 0.2) is 20.0 Å². The number of amides is 6. The van der Waals surface area contributed by atoms with Crippen molar-refractivity contribution in [3.05, 3.63) is 143 Å². The number of carbonyl (C=O) groups is 6. The second-order valence-electron chi connectivity index (χ2n) is 20.4. The number of thiazole rings is 4. The first-order valence-corrected chi connectivity index (χ1v) is 31.8. The highest BCUT2D eigenvalue weighted by atomic mass is 32.1. The summed E-state index contributed by atoms with van der Waals surface area (Å²) in [5.74, 6) is 9.86. The van der Waals surface area contributed by atoms with Crippen molar-refractivity contribution in [1.29, 1.82) is 0 Å². The molecule has 6 N–H and O–H groups in total. The van der Waals surface area contributed by atoms with Crippen molar-refractivity contribution in [2.45, 2.75) is 75.8 Å². The van der Waals surface area contributed by atoms with E-state index in [0.717, 1.165) is 21.1 Å². The number of hydrogen-bond donors (Lipinski definition) is 6. The van der Waals surface area contributed by atoms with Crippen LogP contribution in [0.1, 0.15) is 62.7 Å². The van der Waals surface area contributed by atoms with Crippen molar-refractivity contribution in [2.24, 2.45) is 0 Å². The Morgan fingerprint density at radius 3 is 1.32 bits per heavy atom. The minimum Gasteiger partial charge on any atom is -0.481 e. The lowest BCUT2D eigenvalue weighted by Crippen LogP contribution is -2.51. The zero-order valence-corrected chi connectivity index (χ0v) is 51.7. The van der Waals surface area contributed by atoms with Crippen LogP contribution in [0.5, 0.6) is 11.5 Å². The molecular weight excluding hydrogens is 1190 g/mol. The molecule has 0 spiro atoms. The maximum atomic E-state index is 14.6. The zero-order chi connectivity index (χ0) is 61.5. The molecule has 4 aromatic heterocycles. The number of nitrogens with zero attached hydrogens (tertiary/aromatic N) is 6. The van der Waals surface area contributed by atoms with Gasteiger partial charge in [-0.1, -0.05) is 108 Å². The topological polar surface area (TPSA) is 251 Å². The maximum absolute atomic E-state index is 14.6. The van der Waals surface area contributed by atoms with E-state index in [4.69, 9.17) is 19.4 Å². The van der Waals surface area contributed by atoms with E-state index in [1.165, 1.54) is 55.1 Å². The maximum Gasteiger partial charge on any atom is 0.250 e. The standard InChI is InChI=1S/C64H62N12O8S4/c1-39(65-3)53(77)69-51(63(81)75-33-15-21-47(75)55(79)73-57-49(41-17-9-7-10-18-41)71-61(87-57)59-67-31-37-85-59)43-23-27-45(28-24-43)83-35-13-5-6-14-36-84-46-29-25-44(26-30-46)52(70-54(78)40(2)66-4)64(82)76-34-16-22-48(76)56(80)74-58-50(42-19-11-8-12-20-42)72-62(88-58)60-68-32-38-86-60/h7-12,17-20,23-32,37-40,47-48,51-52,65-66H,15-16,21-22,33-36H2,1-4H3,(H,69,77)(H,70,78)(H,73,79)(H,74,80)/t39-,40-,47-,48-,51-,52-/m0/s1. The number of hydrogen-bond acceptors (Lipinski definition) is 18. The molecule has 2 saturated heterocycles. The van der Waals surface area contributed by atoms with Crippen molar-refractivity contribution in [3.63, 3.8) is 0 Å². The summed E-state index contributed by atoms with van der Waals surface area (Å²) < 4.78 is 11.8. The van der Waals surface area contributed by atoms with Crippen LogP contribution < -0.4 is 41.4 Å². The van der Waals surface area contributed by atoms with Crippen LogP contribution >= 0.6 is 45.3 Å². The van der Waals surface area contributed by atoms with Crippen LogP contribution in [-0.4, -0.2) is 130 Å². The van der Waals surface area contributed by atoms with Crippen LogP contribution in [0.2, 0.25) is 0 Å². The Morgan fingerprint density at radius 2 is 0.955 bits per heavy atom. The fraction of sp³-hybridized carbons (Fsp3) is 0.281. The second kappa shape index (κ2) is 29.5. The first kappa shape index (κ1) is 61.9. The van der Waals surface area contributed by atoms with E-state index in [9.17, 15) is 28.8 Å². The number of likely N-dealkylation sites (tertiary alicyclic amines) is 2. The molecule has 2 aliphatic rings. The predicted octanol–water partition coefficient (Wildman–Crippen LogP) is 8.44. The molecule has 450 valence electrons. The van der Waals surface area contributed by atoms with Gasteiger partial charge in [0.25, 0.3) is 0 Å². The van der Waals surface area contributed by atoms with Crippen LogP contribution in [0.3, 0.4) is 0 Å². The van der Waals surface area contributed by atoms with Gasteiger partial charge in [0.1, 0.15) is 70.3 Å². The molecule has 10 rings (SSSR count). The molecule has 6 atom stereocenters. The van der Waals surface area contributed by atoms with Gasteiger partial charge in [-0.05, 0) is 113 Å². The number of aromatic nitrogens is 4. The average molecular weight is 1260 g/mol. The number of carbonyl (C=O) groups excluding carboxylic acids is 6. The fourth-order valence-corrected chi connectivity index (χ4v) is 13.2. The highest BCUT2D eigenvalue weighted by molar-refractivity contribution is 7.24. The lowest BCUT2D eigenvalue weighted by molar-refractivity contribution is -0.140. The van der Waals surface area contributed by atoms with Crippen molar-refractivity contribution < 1.29 is 38.2 Å². The molecule has 20 nitrogen and oxygen atoms in total. The third-order valence-electron chi connectivity index (χ3n) is 14.7. The summed E-state index contributed by atoms with van der Waals surface area (Å²) in [5, 5.41) is 25.5. The molecule has 6 heterocycles. The minimum absolute atomic E-state index is 0.000812. The van der Waals surface area contributed by atoms with E-state index < -0.39 is 59.9 Å². The van der Waals surface area contributed by atoms with E-state index >= 15 is 0 Å². The molecule has 88 heavy (non-hydrogen) atoms. The molecule has 2 aliphatic heterocycles. The van der Waals surface area contributed by atoms with Gasteiger partial charge in [-0.15, -0.1) is 22.7 Å². The average Bonchev–Trinajstić information content (AvgIpc) is 2.06. The van der Waals surface area contributed by atoms with Crippen LogP contribution in [-0.2, 0) is 28.8 Å². The van der Waals surface area contributed by atoms with Crippen molar-refractivity contribution in [1.82, 2.24) is 51.0 Å². The molecular formula is C64H62N12O8S4. The van der Waals surface area contributed by atoms with Gasteiger partial charge in [0.2, 0.25) is 35.4 Å². The zero-order valence-electron chi connectivity index (χ0n) is 48.4. The predicted molar refractivity (Wildman–Crippen MR) is 342 cm³/mol. The van der Waals surface area contributed by atoms with Gasteiger partial charge >= 0.3 is 0 Å². The summed E-state index contributed by atoms with van der Waals surface area (Å²) in [5.41, 5.74) is 3.87. The van der Waals surface area contributed by atoms with Crippen molar-refractivity contribution in [3.8, 4) is 77.7 Å². The van der Waals surface area contributed by atoms with Gasteiger partial charge in [-0.25, -0.2) is 19.9 Å². The van der Waals surface area contributed by atoms with Crippen LogP contribution in [0.15, 0.2) is 132 Å². The van der Waals surface area contributed by atoms with Crippen molar-refractivity contribution >= 4 is 90.8 Å². The number of rotatable bonds is 22. The quantitative estimate of drug-likeness (QED) is 0.0349. The first-order valence-electron chi connectivity index (χ1n) is 28.4. The van der Waals surface area contributed by atoms with Gasteiger partial charge in [0.05, 0.1) is 12.1 Å². The Labute approximate surface area is 524 Å². The second-order valence-corrected chi connectivity index (χ2v) is 24.2. The minimum atomic E-state index is -1.10. The first-order chi connectivity index (χ1) is 42.9. The Kier molecular flexibility index (Phi) is 20.8. The summed E-state index contributed by atoms with van der Waals surface area (Å²) in [6.07, 6.45) is 5.47. The molecule has 0 aliphatic carbocycles. The molecule has 6 amide bonds. The smallest absolute Gasteiger partial charge is 0.250 e. The van der Waals surface area contributed by atoms with Gasteiger partial charge in [0, 0.05) is 47.4 Å². The van der Waals surface area contributed by atoms with E-state index in [1.54, 1.807) is 88.9 Å². The van der Waals surface area contributed by atoms with E-state index in [2.05, 4.69) is 65.6 Å². The number of nitrogens with one attached hydrogen (secondary N) is 6. The van der Waals surface area contributed by atoms with E-state index in [1.807, 2.05) is 71.4 Å². The number of likely N-dealkylation sites (N-methyl/N-ethyl adjacent to an activating group) is 2. The van der Waals surface area contributed by atoms with Crippen molar-refractivity contribution in [2.75, 3.05) is 51.0 Å². The molecule has 0 saturated carbocycles. The molecule has 0 unspecified atom stereocenters. The van der Waals surface area contributed by atoms with Gasteiger partial charge < -0.3 is 51.2 Å². The Hall–Kier alpha value is -9.14. The van der Waals surface area contributed by atoms with Crippen LogP contribution in [0.4, 0.5) is 10.0 Å². The van der Waals surface area contributed by atoms with Gasteiger partial charge in [-0.2, -0.15) is 0 Å². The molecule has 0 radical (unpaired) electrons. The number of ether oxygens (including phenoxy) is 2. The van der Waals surface area contributed by atoms with Crippen LogP contribution in [0, 0.1) is 23.7 Å². The normalized spacial score (nSPS) is 15.7. The molecule has 0 bridgehead atoms. The highest BCUT2D eigenvalue weighted by Crippen LogP contribution is 2.41. The molecule has 8 aromatic rings. The number of benzene rings is 4. The fourth-order valence-electron chi connectivity index (χ4n) is 9.85. The number of anilines is 2. The largest absolute Gasteiger partial charge is 0.481 e. The Morgan fingerprint density at radius 1 is 0.557 bits per heavy atom. The van der Waals surface area contributed by atoms with Gasteiger partial charge in [-0.3, -0.25) is 28.8 Å². The lowest BCUT2D eigenvalue weighted by Gasteiger charge is -2.29. The van der Waals surface area contributed by atoms with E-state index in [-0.39, 0.29) is 25.0 Å². The molecule has 24 heteroatoms. The lowest BCUT2D eigenvalue weighted by atomic mass is 10.0. The monoisotopic (exact) mass is 1250 g/mol. The summed E-state index contributed by atoms with van der Waals surface area (Å²) in [6, 6.07) is 27.6. The summed E-state index contributed by atoms with van der Waals surface area (Å²) in [4.78, 5) is 106. The van der Waals surface area contributed by atoms with E-state index in [0.29, 0.717) is 92.8 Å². The summed E-state index contributed by atoms with van der Waals surface area (Å²) in [7, 11) is 3.31. The summed E-state index contributed by atoms with van der Waals surface area (Å²) >= 11 is 5.55. The molecule has 4 aromatic carbocycles. The third kappa shape index (κ3) is 15.0. The Balaban J connectivity index is 0.741. The SMILES string of the molecule is CN[C@@H](C)C(=O)N[C@H](C(=O)N1CCC[C@H]1C(=O)Nc1sc(-c2nccs2)nc1-c1ccccc1)c1ccc(OCC#CC#CCOc2ccc([C@H](NC(=O)[C@H](C)NC)C(=O)N3CCC[C@H]3C(=O)Nc3sc(-c4nccs4)nc3-c3ccccc3)cc2)cc1. The highest BCUT2D eigenvalue weighted by Gasteiger charge is 2.41. The molecule has 2 fully saturated rings.